The zero-order valence-corrected chi connectivity index (χ0v) is 8.38. The number of carbonyl (C=O) groups is 1. The second-order valence-corrected chi connectivity index (χ2v) is 3.08. The highest BCUT2D eigenvalue weighted by Crippen LogP contribution is 2.27. The number of benzene rings is 1. The van der Waals surface area contributed by atoms with Crippen molar-refractivity contribution in [3.05, 3.63) is 29.8 Å². The van der Waals surface area contributed by atoms with Gasteiger partial charge in [0.1, 0.15) is 0 Å². The van der Waals surface area contributed by atoms with Crippen molar-refractivity contribution in [2.75, 3.05) is 12.4 Å². The van der Waals surface area contributed by atoms with Crippen LogP contribution in [0.2, 0.25) is 0 Å². The van der Waals surface area contributed by atoms with Crippen LogP contribution in [0.5, 0.6) is 0 Å². The van der Waals surface area contributed by atoms with Crippen LogP contribution in [0.1, 0.15) is 12.5 Å². The number of methoxy groups -OCH3 is 1. The first kappa shape index (κ1) is 11.4. The standard InChI is InChI=1S/C10H11F2NO2/c1-10(11,12)7-3-5-8(6-4-7)13-9(14)15-2/h3-6H,1-2H3,(H,13,14). The normalized spacial score (nSPS) is 10.9. The van der Waals surface area contributed by atoms with E-state index < -0.39 is 12.0 Å². The van der Waals surface area contributed by atoms with Crippen LogP contribution in [0.4, 0.5) is 19.3 Å². The van der Waals surface area contributed by atoms with E-state index in [1.807, 2.05) is 0 Å². The molecule has 0 aromatic heterocycles. The molecule has 0 aliphatic rings. The molecule has 3 nitrogen and oxygen atoms in total. The molecular weight excluding hydrogens is 204 g/mol. The van der Waals surface area contributed by atoms with Crippen molar-refractivity contribution in [1.29, 1.82) is 0 Å². The van der Waals surface area contributed by atoms with Gasteiger partial charge in [-0.1, -0.05) is 12.1 Å². The number of alkyl halides is 2. The Morgan fingerprint density at radius 2 is 1.87 bits per heavy atom. The summed E-state index contributed by atoms with van der Waals surface area (Å²) in [5.41, 5.74) is 0.313. The lowest BCUT2D eigenvalue weighted by molar-refractivity contribution is 0.0175. The quantitative estimate of drug-likeness (QED) is 0.823. The first-order valence-electron chi connectivity index (χ1n) is 4.27. The van der Waals surface area contributed by atoms with Crippen LogP contribution in [0.25, 0.3) is 0 Å². The Morgan fingerprint density at radius 1 is 1.33 bits per heavy atom. The third-order valence-electron chi connectivity index (χ3n) is 1.82. The maximum Gasteiger partial charge on any atom is 0.411 e. The summed E-state index contributed by atoms with van der Waals surface area (Å²) in [5, 5.41) is 2.36. The van der Waals surface area contributed by atoms with Crippen molar-refractivity contribution in [2.45, 2.75) is 12.8 Å². The summed E-state index contributed by atoms with van der Waals surface area (Å²) in [6, 6.07) is 5.30. The van der Waals surface area contributed by atoms with Crippen molar-refractivity contribution < 1.29 is 18.3 Å². The van der Waals surface area contributed by atoms with Crippen molar-refractivity contribution in [3.63, 3.8) is 0 Å². The van der Waals surface area contributed by atoms with Crippen molar-refractivity contribution in [2.24, 2.45) is 0 Å². The second-order valence-electron chi connectivity index (χ2n) is 3.08. The third kappa shape index (κ3) is 3.19. The minimum Gasteiger partial charge on any atom is -0.453 e. The van der Waals surface area contributed by atoms with Crippen molar-refractivity contribution in [3.8, 4) is 0 Å². The van der Waals surface area contributed by atoms with E-state index in [4.69, 9.17) is 0 Å². The molecule has 0 spiro atoms. The lowest BCUT2D eigenvalue weighted by Gasteiger charge is -2.11. The Bertz CT molecular complexity index is 343. The molecule has 0 aliphatic heterocycles. The van der Waals surface area contributed by atoms with E-state index in [9.17, 15) is 13.6 Å². The molecule has 15 heavy (non-hydrogen) atoms. The Kier molecular flexibility index (Phi) is 3.24. The van der Waals surface area contributed by atoms with Crippen molar-refractivity contribution >= 4 is 11.8 Å². The SMILES string of the molecule is COC(=O)Nc1ccc(C(C)(F)F)cc1. The number of nitrogens with one attached hydrogen (secondary N) is 1. The number of anilines is 1. The van der Waals surface area contributed by atoms with Gasteiger partial charge in [-0.25, -0.2) is 13.6 Å². The van der Waals surface area contributed by atoms with Crippen LogP contribution in [-0.2, 0) is 10.7 Å². The van der Waals surface area contributed by atoms with E-state index in [0.717, 1.165) is 6.92 Å². The number of amides is 1. The van der Waals surface area contributed by atoms with E-state index in [1.54, 1.807) is 0 Å². The van der Waals surface area contributed by atoms with Gasteiger partial charge in [0.05, 0.1) is 7.11 Å². The summed E-state index contributed by atoms with van der Waals surface area (Å²) < 4.78 is 30.0. The van der Waals surface area contributed by atoms with E-state index >= 15 is 0 Å². The highest BCUT2D eigenvalue weighted by atomic mass is 19.3. The molecule has 0 unspecified atom stereocenters. The maximum absolute atomic E-state index is 12.8. The third-order valence-corrected chi connectivity index (χ3v) is 1.82. The molecule has 1 amide bonds. The van der Waals surface area contributed by atoms with Gasteiger partial charge in [-0.3, -0.25) is 5.32 Å². The monoisotopic (exact) mass is 215 g/mol. The Hall–Kier alpha value is -1.65. The number of hydrogen-bond donors (Lipinski definition) is 1. The molecule has 0 bridgehead atoms. The summed E-state index contributed by atoms with van der Waals surface area (Å²) in [7, 11) is 1.23. The van der Waals surface area contributed by atoms with Crippen LogP contribution in [0.3, 0.4) is 0 Å². The van der Waals surface area contributed by atoms with Crippen LogP contribution in [0.15, 0.2) is 24.3 Å². The summed E-state index contributed by atoms with van der Waals surface area (Å²) >= 11 is 0. The molecule has 0 atom stereocenters. The highest BCUT2D eigenvalue weighted by molar-refractivity contribution is 5.84. The molecule has 1 rings (SSSR count). The van der Waals surface area contributed by atoms with E-state index in [0.29, 0.717) is 5.69 Å². The molecule has 0 fully saturated rings. The fourth-order valence-electron chi connectivity index (χ4n) is 1.02. The first-order valence-corrected chi connectivity index (χ1v) is 4.27. The minimum atomic E-state index is -2.87. The molecule has 82 valence electrons. The summed E-state index contributed by atoms with van der Waals surface area (Å²) in [6.45, 7) is 0.815. The molecule has 0 saturated carbocycles. The van der Waals surface area contributed by atoms with Gasteiger partial charge in [0.2, 0.25) is 0 Å². The zero-order chi connectivity index (χ0) is 11.5. The van der Waals surface area contributed by atoms with Gasteiger partial charge in [-0.05, 0) is 12.1 Å². The van der Waals surface area contributed by atoms with E-state index in [2.05, 4.69) is 10.1 Å². The van der Waals surface area contributed by atoms with Gasteiger partial charge in [0.25, 0.3) is 5.92 Å². The lowest BCUT2D eigenvalue weighted by Crippen LogP contribution is -2.11. The Labute approximate surface area is 86.0 Å². The fourth-order valence-corrected chi connectivity index (χ4v) is 1.02. The van der Waals surface area contributed by atoms with E-state index in [1.165, 1.54) is 31.4 Å². The van der Waals surface area contributed by atoms with Gasteiger partial charge in [0.15, 0.2) is 0 Å². The van der Waals surface area contributed by atoms with Gasteiger partial charge in [-0.2, -0.15) is 0 Å². The molecule has 1 N–H and O–H groups in total. The number of rotatable bonds is 2. The van der Waals surface area contributed by atoms with Crippen LogP contribution < -0.4 is 5.32 Å². The topological polar surface area (TPSA) is 38.3 Å². The average molecular weight is 215 g/mol. The molecule has 0 saturated heterocycles. The molecule has 1 aromatic rings. The smallest absolute Gasteiger partial charge is 0.411 e. The second kappa shape index (κ2) is 4.25. The number of halogens is 2. The average Bonchev–Trinajstić information content (AvgIpc) is 2.17. The molecular formula is C10H11F2NO2. The molecule has 5 heteroatoms. The first-order chi connectivity index (χ1) is 6.93. The molecule has 0 aliphatic carbocycles. The van der Waals surface area contributed by atoms with Crippen molar-refractivity contribution in [1.82, 2.24) is 0 Å². The summed E-state index contributed by atoms with van der Waals surface area (Å²) in [6.07, 6.45) is -0.633. The molecule has 0 radical (unpaired) electrons. The minimum absolute atomic E-state index is 0.0992. The highest BCUT2D eigenvalue weighted by Gasteiger charge is 2.23. The predicted molar refractivity (Wildman–Crippen MR) is 52.0 cm³/mol. The predicted octanol–water partition coefficient (Wildman–Crippen LogP) is 2.98. The Balaban J connectivity index is 2.77. The molecule has 1 aromatic carbocycles. The maximum atomic E-state index is 12.8. The molecule has 0 heterocycles. The zero-order valence-electron chi connectivity index (χ0n) is 8.38. The van der Waals surface area contributed by atoms with E-state index in [-0.39, 0.29) is 5.56 Å². The number of carbonyl (C=O) groups excluding carboxylic acids is 1. The number of hydrogen-bond acceptors (Lipinski definition) is 2. The van der Waals surface area contributed by atoms with Gasteiger partial charge >= 0.3 is 6.09 Å². The van der Waals surface area contributed by atoms with Crippen LogP contribution in [-0.4, -0.2) is 13.2 Å². The number of ether oxygens (including phenoxy) is 1. The summed E-state index contributed by atoms with van der Waals surface area (Å²) in [5.74, 6) is -2.87. The summed E-state index contributed by atoms with van der Waals surface area (Å²) in [4.78, 5) is 10.8. The lowest BCUT2D eigenvalue weighted by atomic mass is 10.1. The van der Waals surface area contributed by atoms with Gasteiger partial charge in [-0.15, -0.1) is 0 Å². The van der Waals surface area contributed by atoms with Gasteiger partial charge in [0, 0.05) is 18.2 Å². The Morgan fingerprint density at radius 3 is 2.27 bits per heavy atom. The largest absolute Gasteiger partial charge is 0.453 e. The fraction of sp³-hybridized carbons (Fsp3) is 0.300. The van der Waals surface area contributed by atoms with Gasteiger partial charge < -0.3 is 4.74 Å². The van der Waals surface area contributed by atoms with Crippen LogP contribution in [0, 0.1) is 0 Å². The van der Waals surface area contributed by atoms with Crippen LogP contribution >= 0.6 is 0 Å².